The van der Waals surface area contributed by atoms with Crippen molar-refractivity contribution in [1.82, 2.24) is 9.55 Å². The molecule has 13 heteroatoms. The van der Waals surface area contributed by atoms with Gasteiger partial charge in [-0.1, -0.05) is 34.8 Å². The number of nitrogens with zero attached hydrogens (tertiary/aromatic N) is 2. The van der Waals surface area contributed by atoms with Crippen molar-refractivity contribution in [3.63, 3.8) is 0 Å². The molecule has 0 N–H and O–H groups in total. The first kappa shape index (κ1) is 23.9. The van der Waals surface area contributed by atoms with E-state index in [1.54, 1.807) is 0 Å². The predicted molar refractivity (Wildman–Crippen MR) is 111 cm³/mol. The molecule has 3 rings (SSSR count). The van der Waals surface area contributed by atoms with Crippen LogP contribution in [0.5, 0.6) is 0 Å². The van der Waals surface area contributed by atoms with E-state index in [-0.39, 0.29) is 32.5 Å². The van der Waals surface area contributed by atoms with E-state index in [1.807, 2.05) is 0 Å². The van der Waals surface area contributed by atoms with Crippen LogP contribution in [0.4, 0.5) is 0 Å². The van der Waals surface area contributed by atoms with E-state index in [9.17, 15) is 14.4 Å². The van der Waals surface area contributed by atoms with Crippen molar-refractivity contribution in [3.8, 4) is 0 Å². The zero-order chi connectivity index (χ0) is 23.0. The first-order valence-corrected chi connectivity index (χ1v) is 10.4. The van der Waals surface area contributed by atoms with E-state index >= 15 is 0 Å². The van der Waals surface area contributed by atoms with Gasteiger partial charge >= 0.3 is 17.9 Å². The summed E-state index contributed by atoms with van der Waals surface area (Å²) in [6, 6.07) is 1.47. The zero-order valence-electron chi connectivity index (χ0n) is 16.4. The van der Waals surface area contributed by atoms with Gasteiger partial charge in [-0.15, -0.1) is 0 Å². The highest BCUT2D eigenvalue weighted by Gasteiger charge is 2.51. The van der Waals surface area contributed by atoms with Gasteiger partial charge in [0.05, 0.1) is 20.6 Å². The van der Waals surface area contributed by atoms with Gasteiger partial charge in [0.15, 0.2) is 18.4 Å². The maximum absolute atomic E-state index is 11.8. The number of hydrogen-bond donors (Lipinski definition) is 0. The molecule has 1 aliphatic rings. The van der Waals surface area contributed by atoms with Crippen LogP contribution in [0.25, 0.3) is 11.0 Å². The Kier molecular flexibility index (Phi) is 7.22. The smallest absolute Gasteiger partial charge is 0.303 e. The number of aromatic nitrogens is 2. The number of fused-ring (bicyclic) bond motifs is 1. The van der Waals surface area contributed by atoms with Crippen molar-refractivity contribution >= 4 is 75.3 Å². The molecule has 9 nitrogen and oxygen atoms in total. The highest BCUT2D eigenvalue weighted by Crippen LogP contribution is 2.42. The molecule has 2 aromatic rings. The number of hydrogen-bond acceptors (Lipinski definition) is 8. The van der Waals surface area contributed by atoms with Crippen LogP contribution >= 0.6 is 46.4 Å². The summed E-state index contributed by atoms with van der Waals surface area (Å²) in [7, 11) is 0. The normalized spacial score (nSPS) is 23.1. The molecule has 31 heavy (non-hydrogen) atoms. The fourth-order valence-electron chi connectivity index (χ4n) is 3.25. The Hall–Kier alpha value is -1.78. The summed E-state index contributed by atoms with van der Waals surface area (Å²) in [6.45, 7) is 3.31. The van der Waals surface area contributed by atoms with E-state index < -0.39 is 42.4 Å². The first-order valence-electron chi connectivity index (χ1n) is 8.85. The summed E-state index contributed by atoms with van der Waals surface area (Å²) in [6.07, 6.45) is -4.32. The Balaban J connectivity index is 2.13. The summed E-state index contributed by atoms with van der Waals surface area (Å²) in [5, 5.41) is 0.213. The van der Waals surface area contributed by atoms with Crippen LogP contribution in [0.2, 0.25) is 20.4 Å². The van der Waals surface area contributed by atoms with Gasteiger partial charge in [0.25, 0.3) is 0 Å². The molecule has 0 aliphatic carbocycles. The van der Waals surface area contributed by atoms with Crippen LogP contribution in [-0.4, -0.2) is 52.4 Å². The van der Waals surface area contributed by atoms with Crippen LogP contribution in [0.1, 0.15) is 27.0 Å². The first-order chi connectivity index (χ1) is 14.5. The maximum atomic E-state index is 11.8. The number of imidazole rings is 1. The van der Waals surface area contributed by atoms with E-state index in [4.69, 9.17) is 65.4 Å². The standard InChI is InChI=1S/C18H16Cl4N2O7/c1-6(25)28-5-11-15(29-7(2)26)16(30-8(3)27)17(31-11)24-10-4-9(19)12(20)13(21)14(10)23-18(24)22/h4,11,15-17H,5H2,1-3H3/t11-,15-,16-,17-/m1/s1. The van der Waals surface area contributed by atoms with Crippen molar-refractivity contribution in [2.45, 2.75) is 45.3 Å². The average molecular weight is 514 g/mol. The van der Waals surface area contributed by atoms with Crippen LogP contribution in [0, 0.1) is 0 Å². The van der Waals surface area contributed by atoms with Gasteiger partial charge in [0, 0.05) is 20.8 Å². The summed E-state index contributed by atoms with van der Waals surface area (Å²) < 4.78 is 23.1. The second kappa shape index (κ2) is 9.38. The molecule has 0 spiro atoms. The molecule has 0 unspecified atom stereocenters. The number of rotatable bonds is 5. The molecule has 1 aliphatic heterocycles. The molecule has 1 aromatic carbocycles. The number of esters is 3. The minimum atomic E-state index is -1.15. The third kappa shape index (κ3) is 4.85. The molecule has 2 heterocycles. The fraction of sp³-hybridized carbons (Fsp3) is 0.444. The van der Waals surface area contributed by atoms with Gasteiger partial charge in [-0.25, -0.2) is 4.98 Å². The van der Waals surface area contributed by atoms with Crippen LogP contribution < -0.4 is 0 Å². The van der Waals surface area contributed by atoms with Crippen molar-refractivity contribution in [1.29, 1.82) is 0 Å². The molecule has 1 aromatic heterocycles. The van der Waals surface area contributed by atoms with Crippen LogP contribution in [-0.2, 0) is 33.3 Å². The van der Waals surface area contributed by atoms with Gasteiger partial charge in [0.2, 0.25) is 5.28 Å². The van der Waals surface area contributed by atoms with Crippen molar-refractivity contribution < 1.29 is 33.3 Å². The highest BCUT2D eigenvalue weighted by molar-refractivity contribution is 6.50. The molecule has 1 fully saturated rings. The van der Waals surface area contributed by atoms with Crippen molar-refractivity contribution in [2.75, 3.05) is 6.61 Å². The average Bonchev–Trinajstić information content (AvgIpc) is 3.15. The van der Waals surface area contributed by atoms with Gasteiger partial charge in [-0.3, -0.25) is 19.0 Å². The second-order valence-electron chi connectivity index (χ2n) is 6.62. The van der Waals surface area contributed by atoms with Gasteiger partial charge in [-0.05, 0) is 17.7 Å². The van der Waals surface area contributed by atoms with Crippen LogP contribution in [0.15, 0.2) is 6.07 Å². The topological polar surface area (TPSA) is 106 Å². The number of carbonyl (C=O) groups is 3. The largest absolute Gasteiger partial charge is 0.463 e. The van der Waals surface area contributed by atoms with Gasteiger partial charge in [0.1, 0.15) is 18.2 Å². The molecule has 4 atom stereocenters. The molecule has 0 bridgehead atoms. The SMILES string of the molecule is CC(=O)OC[C@H]1O[C@@H](n2c(Cl)nc3c(Cl)c(Cl)c(Cl)cc32)[C@H](OC(C)=O)[C@@H]1OC(C)=O. The molecular weight excluding hydrogens is 498 g/mol. The third-order valence-electron chi connectivity index (χ3n) is 4.37. The molecule has 0 amide bonds. The highest BCUT2D eigenvalue weighted by atomic mass is 35.5. The Morgan fingerprint density at radius 3 is 2.19 bits per heavy atom. The number of carbonyl (C=O) groups excluding carboxylic acids is 3. The summed E-state index contributed by atoms with van der Waals surface area (Å²) in [4.78, 5) is 39.0. The minimum Gasteiger partial charge on any atom is -0.463 e. The van der Waals surface area contributed by atoms with E-state index in [0.29, 0.717) is 5.52 Å². The lowest BCUT2D eigenvalue weighted by Gasteiger charge is -2.24. The molecular formula is C18H16Cl4N2O7. The summed E-state index contributed by atoms with van der Waals surface area (Å²) in [5.74, 6) is -1.89. The van der Waals surface area contributed by atoms with Gasteiger partial charge < -0.3 is 18.9 Å². The lowest BCUT2D eigenvalue weighted by atomic mass is 10.1. The van der Waals surface area contributed by atoms with E-state index in [0.717, 1.165) is 0 Å². The van der Waals surface area contributed by atoms with E-state index in [1.165, 1.54) is 31.4 Å². The maximum Gasteiger partial charge on any atom is 0.303 e. The summed E-state index contributed by atoms with van der Waals surface area (Å²) in [5.41, 5.74) is 0.569. The predicted octanol–water partition coefficient (Wildman–Crippen LogP) is 3.97. The molecule has 1 saturated heterocycles. The van der Waals surface area contributed by atoms with E-state index in [2.05, 4.69) is 4.98 Å². The minimum absolute atomic E-state index is 0.0693. The van der Waals surface area contributed by atoms with Crippen molar-refractivity contribution in [2.24, 2.45) is 0 Å². The lowest BCUT2D eigenvalue weighted by Crippen LogP contribution is -2.40. The Morgan fingerprint density at radius 1 is 1.00 bits per heavy atom. The third-order valence-corrected chi connectivity index (χ3v) is 5.89. The second-order valence-corrected chi connectivity index (χ2v) is 8.12. The Bertz CT molecular complexity index is 1060. The summed E-state index contributed by atoms with van der Waals surface area (Å²) >= 11 is 24.8. The number of benzene rings is 1. The Labute approximate surface area is 196 Å². The molecule has 0 radical (unpaired) electrons. The quantitative estimate of drug-likeness (QED) is 0.336. The lowest BCUT2D eigenvalue weighted by molar-refractivity contribution is -0.166. The van der Waals surface area contributed by atoms with Crippen LogP contribution in [0.3, 0.4) is 0 Å². The number of ether oxygens (including phenoxy) is 4. The number of halogens is 4. The molecule has 0 saturated carbocycles. The fourth-order valence-corrected chi connectivity index (χ4v) is 4.15. The van der Waals surface area contributed by atoms with Crippen molar-refractivity contribution in [3.05, 3.63) is 26.4 Å². The van der Waals surface area contributed by atoms with Gasteiger partial charge in [-0.2, -0.15) is 0 Å². The monoisotopic (exact) mass is 512 g/mol. The molecule has 168 valence electrons. The Morgan fingerprint density at radius 2 is 1.61 bits per heavy atom. The zero-order valence-corrected chi connectivity index (χ0v) is 19.4.